The summed E-state index contributed by atoms with van der Waals surface area (Å²) in [5.74, 6) is -0.256. The highest BCUT2D eigenvalue weighted by atomic mass is 35.5. The van der Waals surface area contributed by atoms with Crippen LogP contribution in [0.4, 0.5) is 17.1 Å². The number of rotatable bonds is 5. The lowest BCUT2D eigenvalue weighted by molar-refractivity contribution is -0.111. The summed E-state index contributed by atoms with van der Waals surface area (Å²) >= 11 is 12.0. The second-order valence-corrected chi connectivity index (χ2v) is 7.32. The molecule has 0 unspecified atom stereocenters. The third kappa shape index (κ3) is 5.76. The normalized spacial score (nSPS) is 11.3. The highest BCUT2D eigenvalue weighted by Gasteiger charge is 2.04. The van der Waals surface area contributed by atoms with E-state index in [1.807, 2.05) is 56.3 Å². The summed E-state index contributed by atoms with van der Waals surface area (Å²) in [7, 11) is 0. The molecule has 0 bridgehead atoms. The van der Waals surface area contributed by atoms with E-state index in [2.05, 4.69) is 15.5 Å². The first kappa shape index (κ1) is 20.8. The summed E-state index contributed by atoms with van der Waals surface area (Å²) in [6.07, 6.45) is 3.08. The Bertz CT molecular complexity index is 1110. The molecule has 146 valence electrons. The van der Waals surface area contributed by atoms with Crippen LogP contribution in [-0.4, -0.2) is 5.91 Å². The molecule has 4 nitrogen and oxygen atoms in total. The molecule has 3 aromatic rings. The number of nitrogens with zero attached hydrogens (tertiary/aromatic N) is 2. The van der Waals surface area contributed by atoms with Crippen LogP contribution in [0.25, 0.3) is 6.08 Å². The van der Waals surface area contributed by atoms with E-state index < -0.39 is 0 Å². The number of carbonyl (C=O) groups excluding carboxylic acids is 1. The van der Waals surface area contributed by atoms with Crippen LogP contribution in [0.15, 0.2) is 77.0 Å². The maximum atomic E-state index is 12.2. The summed E-state index contributed by atoms with van der Waals surface area (Å²) < 4.78 is 0. The van der Waals surface area contributed by atoms with Crippen LogP contribution in [0.3, 0.4) is 0 Å². The number of aryl methyl sites for hydroxylation is 2. The van der Waals surface area contributed by atoms with E-state index in [9.17, 15) is 4.79 Å². The summed E-state index contributed by atoms with van der Waals surface area (Å²) in [5.41, 5.74) is 4.91. The van der Waals surface area contributed by atoms with Gasteiger partial charge in [0.1, 0.15) is 0 Å². The lowest BCUT2D eigenvalue weighted by Crippen LogP contribution is -2.08. The second kappa shape index (κ2) is 9.50. The molecule has 3 aromatic carbocycles. The molecule has 0 aliphatic carbocycles. The van der Waals surface area contributed by atoms with Gasteiger partial charge in [-0.05, 0) is 73.0 Å². The Morgan fingerprint density at radius 3 is 2.45 bits per heavy atom. The number of hydrogen-bond donors (Lipinski definition) is 1. The van der Waals surface area contributed by atoms with E-state index >= 15 is 0 Å². The fourth-order valence-electron chi connectivity index (χ4n) is 2.61. The van der Waals surface area contributed by atoms with Crippen molar-refractivity contribution in [2.24, 2.45) is 10.2 Å². The Balaban J connectivity index is 1.68. The fraction of sp³-hybridized carbons (Fsp3) is 0.0870. The van der Waals surface area contributed by atoms with Crippen molar-refractivity contribution in [2.45, 2.75) is 13.8 Å². The number of carbonyl (C=O) groups is 1. The molecular formula is C23H19Cl2N3O. The van der Waals surface area contributed by atoms with Crippen LogP contribution >= 0.6 is 23.2 Å². The number of amides is 1. The van der Waals surface area contributed by atoms with Crippen LogP contribution < -0.4 is 5.32 Å². The standard InChI is InChI=1S/C23H19Cl2N3O/c1-15-5-3-4-6-22(15)28-27-19-10-11-21(16(2)13-19)26-23(29)12-8-17-7-9-18(24)14-20(17)25/h3-14H,1-2H3,(H,26,29)/b12-8+,28-27?. The van der Waals surface area contributed by atoms with Gasteiger partial charge < -0.3 is 5.32 Å². The van der Waals surface area contributed by atoms with Gasteiger partial charge in [0, 0.05) is 21.8 Å². The van der Waals surface area contributed by atoms with E-state index in [1.54, 1.807) is 24.3 Å². The van der Waals surface area contributed by atoms with Crippen molar-refractivity contribution in [1.29, 1.82) is 0 Å². The van der Waals surface area contributed by atoms with Gasteiger partial charge in [0.2, 0.25) is 5.91 Å². The molecular weight excluding hydrogens is 405 g/mol. The second-order valence-electron chi connectivity index (χ2n) is 6.47. The molecule has 29 heavy (non-hydrogen) atoms. The van der Waals surface area contributed by atoms with Crippen LogP contribution in [-0.2, 0) is 4.79 Å². The number of anilines is 1. The number of benzene rings is 3. The molecule has 0 aliphatic heterocycles. The topological polar surface area (TPSA) is 53.8 Å². The minimum atomic E-state index is -0.256. The fourth-order valence-corrected chi connectivity index (χ4v) is 3.09. The van der Waals surface area contributed by atoms with Gasteiger partial charge in [-0.1, -0.05) is 47.5 Å². The molecule has 0 aliphatic rings. The van der Waals surface area contributed by atoms with E-state index in [1.165, 1.54) is 6.08 Å². The zero-order valence-electron chi connectivity index (χ0n) is 16.0. The lowest BCUT2D eigenvalue weighted by Gasteiger charge is -2.07. The number of halogens is 2. The molecule has 0 aromatic heterocycles. The van der Waals surface area contributed by atoms with Crippen LogP contribution in [0, 0.1) is 13.8 Å². The Morgan fingerprint density at radius 1 is 0.931 bits per heavy atom. The number of hydrogen-bond acceptors (Lipinski definition) is 3. The van der Waals surface area contributed by atoms with E-state index in [4.69, 9.17) is 23.2 Å². The molecule has 0 saturated carbocycles. The van der Waals surface area contributed by atoms with Crippen molar-refractivity contribution in [3.05, 3.63) is 93.5 Å². The van der Waals surface area contributed by atoms with Gasteiger partial charge in [0.05, 0.1) is 11.4 Å². The van der Waals surface area contributed by atoms with Gasteiger partial charge >= 0.3 is 0 Å². The molecule has 1 amide bonds. The first-order chi connectivity index (χ1) is 13.9. The monoisotopic (exact) mass is 423 g/mol. The van der Waals surface area contributed by atoms with Crippen molar-refractivity contribution >= 4 is 52.2 Å². The minimum Gasteiger partial charge on any atom is -0.322 e. The molecule has 3 rings (SSSR count). The molecule has 0 heterocycles. The molecule has 6 heteroatoms. The predicted octanol–water partition coefficient (Wildman–Crippen LogP) is 7.68. The van der Waals surface area contributed by atoms with Crippen molar-refractivity contribution in [3.8, 4) is 0 Å². The van der Waals surface area contributed by atoms with Gasteiger partial charge in [0.15, 0.2) is 0 Å². The predicted molar refractivity (Wildman–Crippen MR) is 121 cm³/mol. The van der Waals surface area contributed by atoms with E-state index in [0.29, 0.717) is 21.4 Å². The van der Waals surface area contributed by atoms with Crippen LogP contribution in [0.1, 0.15) is 16.7 Å². The Kier molecular flexibility index (Phi) is 6.81. The number of nitrogens with one attached hydrogen (secondary N) is 1. The third-order valence-corrected chi connectivity index (χ3v) is 4.80. The van der Waals surface area contributed by atoms with Gasteiger partial charge in [-0.2, -0.15) is 10.2 Å². The van der Waals surface area contributed by atoms with Crippen molar-refractivity contribution in [3.63, 3.8) is 0 Å². The molecule has 0 spiro atoms. The summed E-state index contributed by atoms with van der Waals surface area (Å²) in [6.45, 7) is 3.89. The van der Waals surface area contributed by atoms with Crippen molar-refractivity contribution < 1.29 is 4.79 Å². The lowest BCUT2D eigenvalue weighted by atomic mass is 10.1. The molecule has 0 radical (unpaired) electrons. The maximum absolute atomic E-state index is 12.2. The molecule has 0 atom stereocenters. The summed E-state index contributed by atoms with van der Waals surface area (Å²) in [4.78, 5) is 12.2. The van der Waals surface area contributed by atoms with Gasteiger partial charge in [0.25, 0.3) is 0 Å². The zero-order chi connectivity index (χ0) is 20.8. The van der Waals surface area contributed by atoms with E-state index in [0.717, 1.165) is 22.4 Å². The number of azo groups is 1. The van der Waals surface area contributed by atoms with Gasteiger partial charge in [-0.25, -0.2) is 0 Å². The van der Waals surface area contributed by atoms with Crippen molar-refractivity contribution in [1.82, 2.24) is 0 Å². The Labute approximate surface area is 179 Å². The highest BCUT2D eigenvalue weighted by molar-refractivity contribution is 6.35. The highest BCUT2D eigenvalue weighted by Crippen LogP contribution is 2.26. The third-order valence-electron chi connectivity index (χ3n) is 4.23. The SMILES string of the molecule is Cc1ccccc1N=Nc1ccc(NC(=O)/C=C/c2ccc(Cl)cc2Cl)c(C)c1. The van der Waals surface area contributed by atoms with Crippen LogP contribution in [0.5, 0.6) is 0 Å². The summed E-state index contributed by atoms with van der Waals surface area (Å²) in [6, 6.07) is 18.4. The zero-order valence-corrected chi connectivity index (χ0v) is 17.5. The first-order valence-corrected chi connectivity index (χ1v) is 9.70. The average molecular weight is 424 g/mol. The minimum absolute atomic E-state index is 0.256. The average Bonchev–Trinajstić information content (AvgIpc) is 2.68. The van der Waals surface area contributed by atoms with Gasteiger partial charge in [-0.3, -0.25) is 4.79 Å². The summed E-state index contributed by atoms with van der Waals surface area (Å²) in [5, 5.41) is 12.5. The molecule has 0 saturated heterocycles. The maximum Gasteiger partial charge on any atom is 0.248 e. The molecule has 1 N–H and O–H groups in total. The van der Waals surface area contributed by atoms with Crippen molar-refractivity contribution in [2.75, 3.05) is 5.32 Å². The van der Waals surface area contributed by atoms with Gasteiger partial charge in [-0.15, -0.1) is 0 Å². The Morgan fingerprint density at radius 2 is 1.72 bits per heavy atom. The Hall–Kier alpha value is -2.95. The largest absolute Gasteiger partial charge is 0.322 e. The van der Waals surface area contributed by atoms with E-state index in [-0.39, 0.29) is 5.91 Å². The van der Waals surface area contributed by atoms with Crippen LogP contribution in [0.2, 0.25) is 10.0 Å². The first-order valence-electron chi connectivity index (χ1n) is 8.94. The quantitative estimate of drug-likeness (QED) is 0.331. The molecule has 0 fully saturated rings. The smallest absolute Gasteiger partial charge is 0.248 e.